The molecule has 19 heavy (non-hydrogen) atoms. The van der Waals surface area contributed by atoms with E-state index in [9.17, 15) is 0 Å². The Hall–Kier alpha value is -1.96. The SMILES string of the molecule is CC1=CC(C)C=C(N=NC2=CC(C)C=CC=C2)C=C1. The molecule has 0 fully saturated rings. The summed E-state index contributed by atoms with van der Waals surface area (Å²) in [5.74, 6) is 0.786. The highest BCUT2D eigenvalue weighted by atomic mass is 15.1. The van der Waals surface area contributed by atoms with Crippen LogP contribution in [0.2, 0.25) is 0 Å². The van der Waals surface area contributed by atoms with Crippen LogP contribution in [0.4, 0.5) is 0 Å². The number of azo groups is 1. The van der Waals surface area contributed by atoms with Crippen LogP contribution >= 0.6 is 0 Å². The van der Waals surface area contributed by atoms with Crippen molar-refractivity contribution in [3.8, 4) is 0 Å². The van der Waals surface area contributed by atoms with Gasteiger partial charge < -0.3 is 0 Å². The average Bonchev–Trinajstić information content (AvgIpc) is 2.65. The first kappa shape index (κ1) is 13.5. The van der Waals surface area contributed by atoms with Gasteiger partial charge in [-0.05, 0) is 30.9 Å². The number of hydrogen-bond donors (Lipinski definition) is 0. The van der Waals surface area contributed by atoms with Crippen LogP contribution < -0.4 is 0 Å². The normalized spacial score (nSPS) is 26.8. The zero-order chi connectivity index (χ0) is 13.7. The predicted octanol–water partition coefficient (Wildman–Crippen LogP) is 5.12. The number of allylic oxidation sites excluding steroid dienone is 10. The van der Waals surface area contributed by atoms with E-state index >= 15 is 0 Å². The Kier molecular flexibility index (Phi) is 4.45. The standard InChI is InChI=1S/C17H20N2/c1-13-6-4-5-7-16(11-13)18-19-17-9-8-14(2)10-15(3)12-17/h4-13,15H,1-3H3. The lowest BCUT2D eigenvalue weighted by Crippen LogP contribution is -1.84. The van der Waals surface area contributed by atoms with Crippen LogP contribution in [0.5, 0.6) is 0 Å². The lowest BCUT2D eigenvalue weighted by molar-refractivity contribution is 0.909. The Morgan fingerprint density at radius 2 is 1.47 bits per heavy atom. The molecule has 0 saturated carbocycles. The first-order valence-corrected chi connectivity index (χ1v) is 6.70. The van der Waals surface area contributed by atoms with Crippen molar-refractivity contribution in [3.63, 3.8) is 0 Å². The van der Waals surface area contributed by atoms with Crippen molar-refractivity contribution in [2.45, 2.75) is 20.8 Å². The van der Waals surface area contributed by atoms with E-state index in [1.54, 1.807) is 0 Å². The van der Waals surface area contributed by atoms with Gasteiger partial charge >= 0.3 is 0 Å². The fourth-order valence-electron chi connectivity index (χ4n) is 2.08. The maximum atomic E-state index is 4.35. The number of rotatable bonds is 2. The van der Waals surface area contributed by atoms with Crippen molar-refractivity contribution in [1.82, 2.24) is 0 Å². The van der Waals surface area contributed by atoms with E-state index in [4.69, 9.17) is 0 Å². The molecule has 2 atom stereocenters. The van der Waals surface area contributed by atoms with Gasteiger partial charge in [-0.3, -0.25) is 0 Å². The van der Waals surface area contributed by atoms with Gasteiger partial charge in [0.2, 0.25) is 0 Å². The molecule has 0 heterocycles. The third-order valence-electron chi connectivity index (χ3n) is 2.98. The highest BCUT2D eigenvalue weighted by Crippen LogP contribution is 2.18. The van der Waals surface area contributed by atoms with Crippen molar-refractivity contribution in [1.29, 1.82) is 0 Å². The van der Waals surface area contributed by atoms with Crippen LogP contribution in [0, 0.1) is 11.8 Å². The van der Waals surface area contributed by atoms with Crippen molar-refractivity contribution in [3.05, 3.63) is 71.7 Å². The lowest BCUT2D eigenvalue weighted by Gasteiger charge is -1.99. The van der Waals surface area contributed by atoms with E-state index in [1.165, 1.54) is 5.57 Å². The molecule has 0 saturated heterocycles. The maximum Gasteiger partial charge on any atom is 0.0823 e. The van der Waals surface area contributed by atoms with Crippen molar-refractivity contribution in [2.24, 2.45) is 22.1 Å². The summed E-state index contributed by atoms with van der Waals surface area (Å²) in [7, 11) is 0. The third kappa shape index (κ3) is 4.32. The molecule has 0 aromatic heterocycles. The van der Waals surface area contributed by atoms with Gasteiger partial charge in [0.05, 0.1) is 11.4 Å². The van der Waals surface area contributed by atoms with Gasteiger partial charge in [0.15, 0.2) is 0 Å². The van der Waals surface area contributed by atoms with Crippen LogP contribution in [-0.2, 0) is 0 Å². The zero-order valence-corrected chi connectivity index (χ0v) is 11.7. The zero-order valence-electron chi connectivity index (χ0n) is 11.7. The van der Waals surface area contributed by atoms with Gasteiger partial charge in [-0.2, -0.15) is 10.2 Å². The second-order valence-electron chi connectivity index (χ2n) is 5.09. The Balaban J connectivity index is 2.13. The van der Waals surface area contributed by atoms with E-state index < -0.39 is 0 Å². The summed E-state index contributed by atoms with van der Waals surface area (Å²) in [5.41, 5.74) is 3.09. The predicted molar refractivity (Wildman–Crippen MR) is 80.5 cm³/mol. The summed E-state index contributed by atoms with van der Waals surface area (Å²) < 4.78 is 0. The molecule has 0 aromatic rings. The van der Waals surface area contributed by atoms with Crippen LogP contribution in [0.1, 0.15) is 20.8 Å². The first-order valence-electron chi connectivity index (χ1n) is 6.70. The fraction of sp³-hybridized carbons (Fsp3) is 0.294. The molecule has 0 N–H and O–H groups in total. The Morgan fingerprint density at radius 3 is 2.26 bits per heavy atom. The highest BCUT2D eigenvalue weighted by Gasteiger charge is 2.02. The van der Waals surface area contributed by atoms with Gasteiger partial charge in [-0.25, -0.2) is 0 Å². The maximum absolute atomic E-state index is 4.35. The Bertz CT molecular complexity index is 540. The smallest absolute Gasteiger partial charge is 0.0823 e. The van der Waals surface area contributed by atoms with Crippen molar-refractivity contribution in [2.75, 3.05) is 0 Å². The van der Waals surface area contributed by atoms with Gasteiger partial charge in [0.25, 0.3) is 0 Å². The van der Waals surface area contributed by atoms with E-state index in [2.05, 4.69) is 61.4 Å². The Morgan fingerprint density at radius 1 is 0.789 bits per heavy atom. The van der Waals surface area contributed by atoms with E-state index in [0.717, 1.165) is 11.4 Å². The summed E-state index contributed by atoms with van der Waals surface area (Å²) in [4.78, 5) is 0. The largest absolute Gasteiger partial charge is 0.151 e. The molecule has 2 nitrogen and oxygen atoms in total. The Labute approximate surface area is 115 Å². The number of nitrogens with zero attached hydrogens (tertiary/aromatic N) is 2. The van der Waals surface area contributed by atoms with Crippen LogP contribution in [0.15, 0.2) is 81.9 Å². The molecule has 2 aliphatic carbocycles. The van der Waals surface area contributed by atoms with Gasteiger partial charge in [0, 0.05) is 0 Å². The average molecular weight is 252 g/mol. The fourth-order valence-corrected chi connectivity index (χ4v) is 2.08. The minimum absolute atomic E-state index is 0.392. The summed E-state index contributed by atoms with van der Waals surface area (Å²) in [6.45, 7) is 6.40. The van der Waals surface area contributed by atoms with Crippen molar-refractivity contribution >= 4 is 0 Å². The highest BCUT2D eigenvalue weighted by molar-refractivity contribution is 5.32. The molecule has 0 radical (unpaired) electrons. The summed E-state index contributed by atoms with van der Waals surface area (Å²) in [6.07, 6.45) is 18.7. The molecule has 0 amide bonds. The number of hydrogen-bond acceptors (Lipinski definition) is 2. The molecule has 2 unspecified atom stereocenters. The molecule has 0 aliphatic heterocycles. The summed E-state index contributed by atoms with van der Waals surface area (Å²) in [5, 5.41) is 8.68. The monoisotopic (exact) mass is 252 g/mol. The topological polar surface area (TPSA) is 24.7 Å². The minimum Gasteiger partial charge on any atom is -0.151 e. The third-order valence-corrected chi connectivity index (χ3v) is 2.98. The molecular weight excluding hydrogens is 232 g/mol. The summed E-state index contributed by atoms with van der Waals surface area (Å²) in [6, 6.07) is 0. The molecule has 2 heteroatoms. The minimum atomic E-state index is 0.392. The van der Waals surface area contributed by atoms with Crippen LogP contribution in [0.25, 0.3) is 0 Å². The summed E-state index contributed by atoms with van der Waals surface area (Å²) >= 11 is 0. The van der Waals surface area contributed by atoms with E-state index in [1.807, 2.05) is 24.3 Å². The first-order chi connectivity index (χ1) is 9.13. The second-order valence-corrected chi connectivity index (χ2v) is 5.09. The molecule has 2 aliphatic rings. The van der Waals surface area contributed by atoms with Gasteiger partial charge in [-0.1, -0.05) is 62.0 Å². The molecule has 0 spiro atoms. The van der Waals surface area contributed by atoms with Crippen LogP contribution in [0.3, 0.4) is 0 Å². The molecule has 98 valence electrons. The van der Waals surface area contributed by atoms with E-state index in [-0.39, 0.29) is 0 Å². The quantitative estimate of drug-likeness (QED) is 0.609. The lowest BCUT2D eigenvalue weighted by atomic mass is 10.1. The second kappa shape index (κ2) is 6.28. The molecule has 0 bridgehead atoms. The van der Waals surface area contributed by atoms with Crippen LogP contribution in [-0.4, -0.2) is 0 Å². The van der Waals surface area contributed by atoms with Crippen molar-refractivity contribution < 1.29 is 0 Å². The van der Waals surface area contributed by atoms with E-state index in [0.29, 0.717) is 11.8 Å². The molecule has 2 rings (SSSR count). The molecular formula is C17H20N2. The van der Waals surface area contributed by atoms with Gasteiger partial charge in [0.1, 0.15) is 0 Å². The van der Waals surface area contributed by atoms with Gasteiger partial charge in [-0.15, -0.1) is 0 Å². The molecule has 0 aromatic carbocycles.